The van der Waals surface area contributed by atoms with E-state index in [1.807, 2.05) is 6.92 Å². The molecular weight excluding hydrogens is 488 g/mol. The lowest BCUT2D eigenvalue weighted by molar-refractivity contribution is -0.195. The minimum absolute atomic E-state index is 0.0342. The largest absolute Gasteiger partial charge is 0.509 e. The van der Waals surface area contributed by atoms with Gasteiger partial charge in [-0.3, -0.25) is 4.79 Å². The van der Waals surface area contributed by atoms with Gasteiger partial charge in [0.05, 0.1) is 17.6 Å². The molecule has 208 valence electrons. The Hall–Kier alpha value is -1.38. The molecule has 1 saturated heterocycles. The first-order chi connectivity index (χ1) is 16.8. The van der Waals surface area contributed by atoms with E-state index in [4.69, 9.17) is 18.6 Å². The third-order valence-electron chi connectivity index (χ3n) is 11.6. The zero-order chi connectivity index (χ0) is 27.7. The molecule has 2 bridgehead atoms. The lowest BCUT2D eigenvalue weighted by atomic mass is 9.58. The van der Waals surface area contributed by atoms with Crippen LogP contribution in [0.4, 0.5) is 4.79 Å². The Bertz CT molecular complexity index is 1040. The van der Waals surface area contributed by atoms with Crippen molar-refractivity contribution in [2.24, 2.45) is 40.4 Å². The normalized spacial score (nSPS) is 47.8. The molecule has 0 aromatic heterocycles. The first-order valence-corrected chi connectivity index (χ1v) is 16.9. The highest BCUT2D eigenvalue weighted by Crippen LogP contribution is 2.75. The Balaban J connectivity index is 1.76. The molecule has 0 aromatic rings. The highest BCUT2D eigenvalue weighted by molar-refractivity contribution is 6.74. The van der Waals surface area contributed by atoms with Crippen LogP contribution in [0.1, 0.15) is 68.7 Å². The summed E-state index contributed by atoms with van der Waals surface area (Å²) in [5.41, 5.74) is -1.42. The smallest absolute Gasteiger partial charge is 0.454 e. The molecule has 0 radical (unpaired) electrons. The van der Waals surface area contributed by atoms with Gasteiger partial charge in [0.1, 0.15) is 0 Å². The van der Waals surface area contributed by atoms with Crippen molar-refractivity contribution >= 4 is 20.4 Å². The predicted molar refractivity (Wildman–Crippen MR) is 141 cm³/mol. The molecule has 11 atom stereocenters. The van der Waals surface area contributed by atoms with Gasteiger partial charge in [0.25, 0.3) is 0 Å². The van der Waals surface area contributed by atoms with Gasteiger partial charge >= 0.3 is 12.1 Å². The Kier molecular flexibility index (Phi) is 5.77. The maximum Gasteiger partial charge on any atom is 0.509 e. The van der Waals surface area contributed by atoms with E-state index in [0.717, 1.165) is 12.0 Å². The molecule has 2 spiro atoms. The first kappa shape index (κ1) is 27.2. The van der Waals surface area contributed by atoms with E-state index in [1.54, 1.807) is 0 Å². The Morgan fingerprint density at radius 3 is 2.41 bits per heavy atom. The molecule has 4 fully saturated rings. The number of aliphatic hydroxyl groups excluding tert-OH is 1. The van der Waals surface area contributed by atoms with E-state index in [9.17, 15) is 14.7 Å². The van der Waals surface area contributed by atoms with E-state index in [-0.39, 0.29) is 40.2 Å². The summed E-state index contributed by atoms with van der Waals surface area (Å²) in [6.07, 6.45) is -0.557. The summed E-state index contributed by atoms with van der Waals surface area (Å²) in [5, 5.41) is 12.7. The van der Waals surface area contributed by atoms with Gasteiger partial charge in [-0.25, -0.2) is 4.79 Å². The molecule has 37 heavy (non-hydrogen) atoms. The topological polar surface area (TPSA) is 91.3 Å². The van der Waals surface area contributed by atoms with Gasteiger partial charge in [-0.1, -0.05) is 54.5 Å². The van der Waals surface area contributed by atoms with Gasteiger partial charge in [0, 0.05) is 18.8 Å². The van der Waals surface area contributed by atoms with Crippen molar-refractivity contribution in [3.63, 3.8) is 0 Å². The molecule has 3 saturated carbocycles. The van der Waals surface area contributed by atoms with E-state index in [2.05, 4.69) is 67.6 Å². The van der Waals surface area contributed by atoms with Crippen LogP contribution in [0.3, 0.4) is 0 Å². The summed E-state index contributed by atoms with van der Waals surface area (Å²) in [6, 6.07) is 0. The van der Waals surface area contributed by atoms with Crippen molar-refractivity contribution < 1.29 is 33.3 Å². The zero-order valence-corrected chi connectivity index (χ0v) is 25.4. The van der Waals surface area contributed by atoms with Crippen molar-refractivity contribution in [2.75, 3.05) is 0 Å². The second kappa shape index (κ2) is 7.84. The van der Waals surface area contributed by atoms with Gasteiger partial charge in [0.2, 0.25) is 5.60 Å². The van der Waals surface area contributed by atoms with Crippen molar-refractivity contribution in [1.82, 2.24) is 0 Å². The van der Waals surface area contributed by atoms with Gasteiger partial charge in [-0.2, -0.15) is 0 Å². The Morgan fingerprint density at radius 2 is 1.84 bits per heavy atom. The van der Waals surface area contributed by atoms with Crippen LogP contribution in [0, 0.1) is 40.4 Å². The molecule has 7 nitrogen and oxygen atoms in total. The van der Waals surface area contributed by atoms with E-state index in [1.165, 1.54) is 6.92 Å². The van der Waals surface area contributed by atoms with E-state index in [0.29, 0.717) is 5.92 Å². The highest BCUT2D eigenvalue weighted by atomic mass is 28.4. The van der Waals surface area contributed by atoms with Gasteiger partial charge in [-0.05, 0) is 60.2 Å². The number of ether oxygens (including phenoxy) is 3. The number of aliphatic hydroxyl groups is 1. The maximum absolute atomic E-state index is 13.0. The van der Waals surface area contributed by atoms with Gasteiger partial charge < -0.3 is 23.7 Å². The van der Waals surface area contributed by atoms with Crippen LogP contribution in [-0.2, 0) is 23.4 Å². The van der Waals surface area contributed by atoms with Crippen molar-refractivity contribution in [1.29, 1.82) is 0 Å². The highest BCUT2D eigenvalue weighted by Gasteiger charge is 2.83. The van der Waals surface area contributed by atoms with Crippen molar-refractivity contribution in [3.8, 4) is 0 Å². The van der Waals surface area contributed by atoms with Crippen molar-refractivity contribution in [3.05, 3.63) is 11.6 Å². The second-order valence-electron chi connectivity index (χ2n) is 14.8. The molecule has 1 heterocycles. The molecule has 4 unspecified atom stereocenters. The second-order valence-corrected chi connectivity index (χ2v) is 19.6. The lowest BCUT2D eigenvalue weighted by Gasteiger charge is -2.50. The Morgan fingerprint density at radius 1 is 1.22 bits per heavy atom. The molecule has 4 aliphatic carbocycles. The van der Waals surface area contributed by atoms with Crippen molar-refractivity contribution in [2.45, 2.75) is 117 Å². The van der Waals surface area contributed by atoms with Crippen LogP contribution >= 0.6 is 0 Å². The number of esters is 1. The number of carbonyl (C=O) groups is 2. The molecular formula is C29H46O7Si. The number of carbonyl (C=O) groups excluding carboxylic acids is 2. The van der Waals surface area contributed by atoms with Crippen LogP contribution < -0.4 is 0 Å². The molecule has 0 aromatic carbocycles. The van der Waals surface area contributed by atoms with Crippen LogP contribution in [-0.4, -0.2) is 55.6 Å². The fourth-order valence-electron chi connectivity index (χ4n) is 8.76. The summed E-state index contributed by atoms with van der Waals surface area (Å²) in [5.74, 6) is -0.232. The molecule has 5 rings (SSSR count). The van der Waals surface area contributed by atoms with Gasteiger partial charge in [-0.15, -0.1) is 0 Å². The summed E-state index contributed by atoms with van der Waals surface area (Å²) in [7, 11) is -2.28. The monoisotopic (exact) mass is 534 g/mol. The van der Waals surface area contributed by atoms with Crippen LogP contribution in [0.5, 0.6) is 0 Å². The fraction of sp³-hybridized carbons (Fsp3) is 0.862. The summed E-state index contributed by atoms with van der Waals surface area (Å²) < 4.78 is 25.4. The first-order valence-electron chi connectivity index (χ1n) is 14.0. The predicted octanol–water partition coefficient (Wildman–Crippen LogP) is 5.47. The third-order valence-corrected chi connectivity index (χ3v) is 16.0. The molecule has 0 amide bonds. The van der Waals surface area contributed by atoms with E-state index < -0.39 is 49.8 Å². The molecule has 1 aliphatic heterocycles. The van der Waals surface area contributed by atoms with Crippen LogP contribution in [0.15, 0.2) is 11.6 Å². The summed E-state index contributed by atoms with van der Waals surface area (Å²) in [4.78, 5) is 25.4. The Labute approximate surface area is 222 Å². The number of hydrogen-bond acceptors (Lipinski definition) is 7. The van der Waals surface area contributed by atoms with Crippen LogP contribution in [0.25, 0.3) is 0 Å². The average molecular weight is 535 g/mol. The number of hydrogen-bond donors (Lipinski definition) is 1. The fourth-order valence-corrected chi connectivity index (χ4v) is 10.2. The molecule has 1 N–H and O–H groups in total. The summed E-state index contributed by atoms with van der Waals surface area (Å²) >= 11 is 0. The lowest BCUT2D eigenvalue weighted by Crippen LogP contribution is -2.66. The average Bonchev–Trinajstić information content (AvgIpc) is 3.03. The van der Waals surface area contributed by atoms with Crippen LogP contribution in [0.2, 0.25) is 18.1 Å². The number of fused-ring (bicyclic) bond motifs is 3. The molecule has 5 aliphatic rings. The minimum Gasteiger partial charge on any atom is -0.454 e. The van der Waals surface area contributed by atoms with E-state index >= 15 is 0 Å². The number of rotatable bonds is 3. The zero-order valence-electron chi connectivity index (χ0n) is 24.4. The minimum atomic E-state index is -2.28. The molecule has 8 heteroatoms. The van der Waals surface area contributed by atoms with Gasteiger partial charge in [0.15, 0.2) is 20.5 Å². The SMILES string of the molecule is CC(=O)O[C@H]1C(C)=CC23C(O)[C@@H](C(O[Si](C)(C)C(C)(C)C)[C@H](C)[C@H]4OC(=O)O[C@@]412)C1[C@@H](C[C@H]3C)C1(C)C. The standard InChI is InChI=1S/C29H46O7Si/c1-14-13-28-15(2)12-18-20(27(18,8)9)19(22(28)31)21(36-37(10,11)26(5,6)7)16(3)24-29(28,35-25(32)34-24)23(14)33-17(4)30/h13,15-16,18-24,31H,12H2,1-11H3/t15-,16+,18-,19-,20?,21?,22?,23+,24-,28?,29-/m1/s1. The quantitative estimate of drug-likeness (QED) is 0.292. The third kappa shape index (κ3) is 3.30. The summed E-state index contributed by atoms with van der Waals surface area (Å²) in [6.45, 7) is 23.2. The maximum atomic E-state index is 13.0.